The van der Waals surface area contributed by atoms with Crippen LogP contribution in [-0.4, -0.2) is 14.2 Å². The molecule has 21 heavy (non-hydrogen) atoms. The first-order valence-corrected chi connectivity index (χ1v) is 8.16. The third-order valence-electron chi connectivity index (χ3n) is 3.84. The maximum Gasteiger partial charge on any atom is 0.328 e. The summed E-state index contributed by atoms with van der Waals surface area (Å²) in [5, 5.41) is 12.6. The van der Waals surface area contributed by atoms with Crippen molar-refractivity contribution < 1.29 is 5.11 Å². The van der Waals surface area contributed by atoms with Crippen molar-refractivity contribution >= 4 is 38.3 Å². The molecular formula is C15H15BrN2O2S. The molecule has 0 saturated heterocycles. The molecule has 2 heterocycles. The molecule has 3 rings (SSSR count). The van der Waals surface area contributed by atoms with Crippen LogP contribution in [0, 0.1) is 6.92 Å². The summed E-state index contributed by atoms with van der Waals surface area (Å²) >= 11 is 5.05. The molecule has 1 N–H and O–H groups in total. The van der Waals surface area contributed by atoms with E-state index in [4.69, 9.17) is 0 Å². The van der Waals surface area contributed by atoms with Gasteiger partial charge >= 0.3 is 5.69 Å². The van der Waals surface area contributed by atoms with Crippen molar-refractivity contribution in [3.8, 4) is 0 Å². The van der Waals surface area contributed by atoms with E-state index in [0.29, 0.717) is 0 Å². The zero-order chi connectivity index (χ0) is 15.3. The first kappa shape index (κ1) is 14.6. The van der Waals surface area contributed by atoms with Gasteiger partial charge in [0.15, 0.2) is 0 Å². The van der Waals surface area contributed by atoms with E-state index in [2.05, 4.69) is 15.9 Å². The van der Waals surface area contributed by atoms with E-state index in [1.54, 1.807) is 23.2 Å². The lowest BCUT2D eigenvalue weighted by Gasteiger charge is -2.13. The lowest BCUT2D eigenvalue weighted by atomic mass is 10.1. The molecule has 3 aromatic rings. The van der Waals surface area contributed by atoms with Crippen molar-refractivity contribution in [2.75, 3.05) is 0 Å². The van der Waals surface area contributed by atoms with E-state index < -0.39 is 6.10 Å². The number of aryl methyl sites for hydroxylation is 3. The van der Waals surface area contributed by atoms with E-state index >= 15 is 0 Å². The molecule has 0 radical (unpaired) electrons. The van der Waals surface area contributed by atoms with E-state index in [9.17, 15) is 9.90 Å². The third-order valence-corrected chi connectivity index (χ3v) is 5.59. The van der Waals surface area contributed by atoms with Crippen molar-refractivity contribution in [1.29, 1.82) is 0 Å². The Bertz CT molecular complexity index is 891. The van der Waals surface area contributed by atoms with Crippen LogP contribution in [0.25, 0.3) is 11.0 Å². The van der Waals surface area contributed by atoms with E-state index in [1.807, 2.05) is 30.5 Å². The number of thiophene rings is 1. The largest absolute Gasteiger partial charge is 0.383 e. The predicted molar refractivity (Wildman–Crippen MR) is 89.0 cm³/mol. The number of aliphatic hydroxyl groups is 1. The highest BCUT2D eigenvalue weighted by Gasteiger charge is 2.20. The van der Waals surface area contributed by atoms with Gasteiger partial charge < -0.3 is 5.11 Å². The molecule has 1 unspecified atom stereocenters. The van der Waals surface area contributed by atoms with Gasteiger partial charge in [-0.2, -0.15) is 0 Å². The molecule has 1 aromatic carbocycles. The second kappa shape index (κ2) is 5.12. The van der Waals surface area contributed by atoms with Crippen LogP contribution in [0.5, 0.6) is 0 Å². The Balaban J connectivity index is 2.24. The standard InChI is InChI=1S/C15H15BrN2O2S/c1-8-4-5-21-14(8)13(19)9-6-11-12(7-10(9)16)18(3)15(20)17(11)2/h4-7,13,19H,1-3H3. The summed E-state index contributed by atoms with van der Waals surface area (Å²) in [5.74, 6) is 0. The molecule has 6 heteroatoms. The minimum atomic E-state index is -0.695. The molecule has 0 bridgehead atoms. The molecule has 0 saturated carbocycles. The molecule has 0 spiro atoms. The molecule has 4 nitrogen and oxygen atoms in total. The van der Waals surface area contributed by atoms with E-state index in [1.165, 1.54) is 11.3 Å². The fraction of sp³-hybridized carbons (Fsp3) is 0.267. The van der Waals surface area contributed by atoms with Crippen LogP contribution in [0.1, 0.15) is 22.1 Å². The van der Waals surface area contributed by atoms with Crippen LogP contribution in [0.4, 0.5) is 0 Å². The topological polar surface area (TPSA) is 47.2 Å². The zero-order valence-electron chi connectivity index (χ0n) is 11.9. The summed E-state index contributed by atoms with van der Waals surface area (Å²) in [5.41, 5.74) is 3.42. The Morgan fingerprint density at radius 3 is 2.43 bits per heavy atom. The highest BCUT2D eigenvalue weighted by molar-refractivity contribution is 9.10. The number of hydrogen-bond acceptors (Lipinski definition) is 3. The average molecular weight is 367 g/mol. The van der Waals surface area contributed by atoms with Crippen LogP contribution in [0.2, 0.25) is 0 Å². The summed E-state index contributed by atoms with van der Waals surface area (Å²) in [6.45, 7) is 1.99. The van der Waals surface area contributed by atoms with Gasteiger partial charge in [-0.15, -0.1) is 11.3 Å². The number of fused-ring (bicyclic) bond motifs is 1. The second-order valence-corrected chi connectivity index (χ2v) is 6.94. The fourth-order valence-electron chi connectivity index (χ4n) is 2.55. The Morgan fingerprint density at radius 1 is 1.24 bits per heavy atom. The second-order valence-electron chi connectivity index (χ2n) is 5.13. The molecule has 1 atom stereocenters. The Labute approximate surface area is 134 Å². The lowest BCUT2D eigenvalue weighted by molar-refractivity contribution is 0.223. The quantitative estimate of drug-likeness (QED) is 0.757. The Morgan fingerprint density at radius 2 is 1.86 bits per heavy atom. The van der Waals surface area contributed by atoms with Gasteiger partial charge in [0, 0.05) is 29.0 Å². The molecule has 2 aromatic heterocycles. The van der Waals surface area contributed by atoms with Gasteiger partial charge in [0.2, 0.25) is 0 Å². The van der Waals surface area contributed by atoms with Gasteiger partial charge in [-0.1, -0.05) is 15.9 Å². The zero-order valence-corrected chi connectivity index (χ0v) is 14.3. The van der Waals surface area contributed by atoms with E-state index in [0.717, 1.165) is 31.5 Å². The number of halogens is 1. The maximum atomic E-state index is 12.0. The minimum absolute atomic E-state index is 0.0733. The molecule has 0 fully saturated rings. The number of rotatable bonds is 2. The Kier molecular flexibility index (Phi) is 3.55. The highest BCUT2D eigenvalue weighted by Crippen LogP contribution is 2.35. The number of aromatic nitrogens is 2. The molecule has 0 aliphatic carbocycles. The van der Waals surface area contributed by atoms with E-state index in [-0.39, 0.29) is 5.69 Å². The first-order chi connectivity index (χ1) is 9.91. The predicted octanol–water partition coefficient (Wildman–Crippen LogP) is 3.09. The van der Waals surface area contributed by atoms with Gasteiger partial charge in [-0.05, 0) is 36.1 Å². The van der Waals surface area contributed by atoms with Crippen LogP contribution in [-0.2, 0) is 14.1 Å². The third kappa shape index (κ3) is 2.18. The highest BCUT2D eigenvalue weighted by atomic mass is 79.9. The Hall–Kier alpha value is -1.37. The van der Waals surface area contributed by atoms with Crippen molar-refractivity contribution in [3.63, 3.8) is 0 Å². The number of hydrogen-bond donors (Lipinski definition) is 1. The maximum absolute atomic E-state index is 12.0. The molecule has 0 amide bonds. The van der Waals surface area contributed by atoms with Gasteiger partial charge in [0.25, 0.3) is 0 Å². The monoisotopic (exact) mass is 366 g/mol. The van der Waals surface area contributed by atoms with Crippen molar-refractivity contribution in [2.45, 2.75) is 13.0 Å². The van der Waals surface area contributed by atoms with Gasteiger partial charge in [0.05, 0.1) is 11.0 Å². The van der Waals surface area contributed by atoms with Crippen molar-refractivity contribution in [2.24, 2.45) is 14.1 Å². The minimum Gasteiger partial charge on any atom is -0.383 e. The fourth-order valence-corrected chi connectivity index (χ4v) is 4.03. The smallest absolute Gasteiger partial charge is 0.328 e. The van der Waals surface area contributed by atoms with Crippen LogP contribution in [0.3, 0.4) is 0 Å². The lowest BCUT2D eigenvalue weighted by Crippen LogP contribution is -2.19. The molecule has 0 aliphatic heterocycles. The normalized spacial score (nSPS) is 13.0. The van der Waals surface area contributed by atoms with Crippen molar-refractivity contribution in [1.82, 2.24) is 9.13 Å². The van der Waals surface area contributed by atoms with Crippen LogP contribution in [0.15, 0.2) is 32.8 Å². The van der Waals surface area contributed by atoms with Gasteiger partial charge in [-0.3, -0.25) is 9.13 Å². The number of imidazole rings is 1. The van der Waals surface area contributed by atoms with Crippen LogP contribution >= 0.6 is 27.3 Å². The number of benzene rings is 1. The van der Waals surface area contributed by atoms with Gasteiger partial charge in [0.1, 0.15) is 6.10 Å². The number of nitrogens with zero attached hydrogens (tertiary/aromatic N) is 2. The number of aliphatic hydroxyl groups excluding tert-OH is 1. The summed E-state index contributed by atoms with van der Waals surface area (Å²) in [4.78, 5) is 12.9. The summed E-state index contributed by atoms with van der Waals surface area (Å²) in [6, 6.07) is 5.76. The van der Waals surface area contributed by atoms with Crippen LogP contribution < -0.4 is 5.69 Å². The molecule has 0 aliphatic rings. The first-order valence-electron chi connectivity index (χ1n) is 6.48. The average Bonchev–Trinajstić information content (AvgIpc) is 2.97. The SMILES string of the molecule is Cc1ccsc1C(O)c1cc2c(cc1Br)n(C)c(=O)n2C. The summed E-state index contributed by atoms with van der Waals surface area (Å²) in [6.07, 6.45) is -0.695. The summed E-state index contributed by atoms with van der Waals surface area (Å²) < 4.78 is 4.00. The van der Waals surface area contributed by atoms with Crippen molar-refractivity contribution in [3.05, 3.63) is 54.5 Å². The molecular weight excluding hydrogens is 352 g/mol. The molecule has 110 valence electrons. The summed E-state index contributed by atoms with van der Waals surface area (Å²) in [7, 11) is 3.49. The van der Waals surface area contributed by atoms with Gasteiger partial charge in [-0.25, -0.2) is 4.79 Å².